The van der Waals surface area contributed by atoms with E-state index in [4.69, 9.17) is 5.11 Å². The van der Waals surface area contributed by atoms with E-state index in [0.717, 1.165) is 37.8 Å². The first kappa shape index (κ1) is 14.8. The van der Waals surface area contributed by atoms with Crippen molar-refractivity contribution in [3.8, 4) is 5.75 Å². The Bertz CT molecular complexity index is 605. The van der Waals surface area contributed by atoms with Gasteiger partial charge in [0, 0.05) is 6.54 Å². The van der Waals surface area contributed by atoms with Crippen LogP contribution in [0.5, 0.6) is 5.75 Å². The van der Waals surface area contributed by atoms with Gasteiger partial charge in [-0.3, -0.25) is 0 Å². The van der Waals surface area contributed by atoms with Gasteiger partial charge in [0.15, 0.2) is 0 Å². The van der Waals surface area contributed by atoms with Gasteiger partial charge in [-0.2, -0.15) is 0 Å². The molecule has 0 saturated heterocycles. The molecule has 1 aliphatic rings. The second-order valence-corrected chi connectivity index (χ2v) is 6.75. The van der Waals surface area contributed by atoms with Crippen LogP contribution in [0.15, 0.2) is 23.1 Å². The van der Waals surface area contributed by atoms with Crippen LogP contribution >= 0.6 is 0 Å². The van der Waals surface area contributed by atoms with Gasteiger partial charge < -0.3 is 10.2 Å². The highest BCUT2D eigenvalue weighted by molar-refractivity contribution is 7.89. The molecule has 1 fully saturated rings. The second-order valence-electron chi connectivity index (χ2n) is 4.99. The fraction of sp³-hybridized carbons (Fsp3) is 0.462. The molecule has 1 aromatic carbocycles. The molecule has 0 amide bonds. The van der Waals surface area contributed by atoms with E-state index in [1.54, 1.807) is 0 Å². The van der Waals surface area contributed by atoms with Crippen LogP contribution in [0.25, 0.3) is 0 Å². The summed E-state index contributed by atoms with van der Waals surface area (Å²) < 4.78 is 26.7. The van der Waals surface area contributed by atoms with Gasteiger partial charge in [0.2, 0.25) is 10.0 Å². The van der Waals surface area contributed by atoms with Gasteiger partial charge in [0.1, 0.15) is 11.3 Å². The minimum atomic E-state index is -3.74. The molecule has 0 unspecified atom stereocenters. The van der Waals surface area contributed by atoms with Crippen molar-refractivity contribution in [3.63, 3.8) is 0 Å². The summed E-state index contributed by atoms with van der Waals surface area (Å²) in [5, 5.41) is 18.3. The number of nitrogens with one attached hydrogen (secondary N) is 1. The predicted octanol–water partition coefficient (Wildman–Crippen LogP) is 1.56. The van der Waals surface area contributed by atoms with Gasteiger partial charge in [0.25, 0.3) is 0 Å². The fourth-order valence-corrected chi connectivity index (χ4v) is 3.52. The normalized spacial score (nSPS) is 16.4. The Kier molecular flexibility index (Phi) is 4.29. The van der Waals surface area contributed by atoms with Gasteiger partial charge >= 0.3 is 5.97 Å². The number of carboxylic acids is 1. The number of aromatic hydroxyl groups is 1. The van der Waals surface area contributed by atoms with Crippen LogP contribution in [0.3, 0.4) is 0 Å². The number of rotatable bonds is 5. The second kappa shape index (κ2) is 5.80. The van der Waals surface area contributed by atoms with Crippen molar-refractivity contribution in [2.75, 3.05) is 6.54 Å². The molecule has 0 heterocycles. The first-order chi connectivity index (χ1) is 9.40. The maximum Gasteiger partial charge on any atom is 0.339 e. The summed E-state index contributed by atoms with van der Waals surface area (Å²) in [6.45, 7) is 0.367. The summed E-state index contributed by atoms with van der Waals surface area (Å²) in [5.41, 5.74) is -0.422. The van der Waals surface area contributed by atoms with Crippen LogP contribution in [0.2, 0.25) is 0 Å². The van der Waals surface area contributed by atoms with E-state index < -0.39 is 27.3 Å². The Morgan fingerprint density at radius 1 is 1.30 bits per heavy atom. The third-order valence-electron chi connectivity index (χ3n) is 3.55. The highest BCUT2D eigenvalue weighted by Crippen LogP contribution is 2.25. The third kappa shape index (κ3) is 3.29. The molecule has 110 valence electrons. The lowest BCUT2D eigenvalue weighted by Gasteiger charge is -2.12. The van der Waals surface area contributed by atoms with E-state index >= 15 is 0 Å². The zero-order valence-electron chi connectivity index (χ0n) is 10.9. The molecular formula is C13H17NO5S. The van der Waals surface area contributed by atoms with E-state index in [1.807, 2.05) is 0 Å². The minimum Gasteiger partial charge on any atom is -0.507 e. The molecule has 3 N–H and O–H groups in total. The summed E-state index contributed by atoms with van der Waals surface area (Å²) in [6.07, 6.45) is 4.26. The molecule has 2 rings (SSSR count). The molecule has 0 spiro atoms. The lowest BCUT2D eigenvalue weighted by molar-refractivity contribution is 0.0693. The van der Waals surface area contributed by atoms with Crippen LogP contribution < -0.4 is 4.72 Å². The average molecular weight is 299 g/mol. The molecule has 0 aromatic heterocycles. The SMILES string of the molecule is O=C(O)c1cc(S(=O)(=O)NCC2CCCC2)ccc1O. The maximum absolute atomic E-state index is 12.1. The number of benzene rings is 1. The highest BCUT2D eigenvalue weighted by atomic mass is 32.2. The van der Waals surface area contributed by atoms with Crippen molar-refractivity contribution in [3.05, 3.63) is 23.8 Å². The van der Waals surface area contributed by atoms with Crippen molar-refractivity contribution in [2.24, 2.45) is 5.92 Å². The van der Waals surface area contributed by atoms with E-state index in [0.29, 0.717) is 12.5 Å². The number of hydrogen-bond donors (Lipinski definition) is 3. The Balaban J connectivity index is 2.16. The van der Waals surface area contributed by atoms with Gasteiger partial charge in [-0.25, -0.2) is 17.9 Å². The Labute approximate surface area is 117 Å². The molecule has 1 saturated carbocycles. The molecular weight excluding hydrogens is 282 g/mol. The van der Waals surface area contributed by atoms with Crippen LogP contribution in [0.1, 0.15) is 36.0 Å². The van der Waals surface area contributed by atoms with Gasteiger partial charge in [-0.1, -0.05) is 12.8 Å². The van der Waals surface area contributed by atoms with E-state index in [-0.39, 0.29) is 4.90 Å². The lowest BCUT2D eigenvalue weighted by Crippen LogP contribution is -2.28. The summed E-state index contributed by atoms with van der Waals surface area (Å²) in [6, 6.07) is 3.24. The largest absolute Gasteiger partial charge is 0.507 e. The average Bonchev–Trinajstić information content (AvgIpc) is 2.89. The number of carboxylic acid groups (broad SMARTS) is 1. The zero-order valence-corrected chi connectivity index (χ0v) is 11.7. The zero-order chi connectivity index (χ0) is 14.8. The molecule has 1 aliphatic carbocycles. The number of hydrogen-bond acceptors (Lipinski definition) is 4. The Morgan fingerprint density at radius 3 is 2.55 bits per heavy atom. The molecule has 1 aromatic rings. The first-order valence-electron chi connectivity index (χ1n) is 6.46. The predicted molar refractivity (Wildman–Crippen MR) is 72.2 cm³/mol. The van der Waals surface area contributed by atoms with Gasteiger partial charge in [0.05, 0.1) is 4.90 Å². The van der Waals surface area contributed by atoms with Gasteiger partial charge in [-0.05, 0) is 37.0 Å². The number of sulfonamides is 1. The van der Waals surface area contributed by atoms with Crippen LogP contribution in [0.4, 0.5) is 0 Å². The minimum absolute atomic E-state index is 0.148. The number of aromatic carboxylic acids is 1. The summed E-state index contributed by atoms with van der Waals surface area (Å²) in [4.78, 5) is 10.7. The summed E-state index contributed by atoms with van der Waals surface area (Å²) in [5.74, 6) is -1.47. The third-order valence-corrected chi connectivity index (χ3v) is 4.97. The monoisotopic (exact) mass is 299 g/mol. The van der Waals surface area contributed by atoms with Crippen molar-refractivity contribution >= 4 is 16.0 Å². The standard InChI is InChI=1S/C13H17NO5S/c15-12-6-5-10(7-11(12)13(16)17)20(18,19)14-8-9-3-1-2-4-9/h5-7,9,14-15H,1-4,8H2,(H,16,17). The quantitative estimate of drug-likeness (QED) is 0.765. The Hall–Kier alpha value is -1.60. The van der Waals surface area contributed by atoms with E-state index in [2.05, 4.69) is 4.72 Å². The fourth-order valence-electron chi connectivity index (χ4n) is 2.38. The van der Waals surface area contributed by atoms with Crippen molar-refractivity contribution in [1.82, 2.24) is 4.72 Å². The topological polar surface area (TPSA) is 104 Å². The molecule has 0 radical (unpaired) electrons. The molecule has 6 nitrogen and oxygen atoms in total. The Morgan fingerprint density at radius 2 is 1.95 bits per heavy atom. The van der Waals surface area contributed by atoms with E-state index in [9.17, 15) is 18.3 Å². The van der Waals surface area contributed by atoms with E-state index in [1.165, 1.54) is 6.07 Å². The smallest absolute Gasteiger partial charge is 0.339 e. The maximum atomic E-state index is 12.1. The molecule has 7 heteroatoms. The highest BCUT2D eigenvalue weighted by Gasteiger charge is 2.21. The molecule has 0 bridgehead atoms. The molecule has 0 atom stereocenters. The van der Waals surface area contributed by atoms with Crippen molar-refractivity contribution in [1.29, 1.82) is 0 Å². The summed E-state index contributed by atoms with van der Waals surface area (Å²) in [7, 11) is -3.74. The van der Waals surface area contributed by atoms with Crippen LogP contribution in [-0.4, -0.2) is 31.1 Å². The van der Waals surface area contributed by atoms with Crippen molar-refractivity contribution < 1.29 is 23.4 Å². The molecule has 0 aliphatic heterocycles. The van der Waals surface area contributed by atoms with Crippen molar-refractivity contribution in [2.45, 2.75) is 30.6 Å². The van der Waals surface area contributed by atoms with Gasteiger partial charge in [-0.15, -0.1) is 0 Å². The number of phenols is 1. The summed E-state index contributed by atoms with van der Waals surface area (Å²) >= 11 is 0. The molecule has 20 heavy (non-hydrogen) atoms. The first-order valence-corrected chi connectivity index (χ1v) is 7.94. The lowest BCUT2D eigenvalue weighted by atomic mass is 10.1. The van der Waals surface area contributed by atoms with Crippen LogP contribution in [0, 0.1) is 5.92 Å². The van der Waals surface area contributed by atoms with Crippen LogP contribution in [-0.2, 0) is 10.0 Å². The number of carbonyl (C=O) groups is 1.